The molecule has 3 aromatic rings. The Bertz CT molecular complexity index is 892. The van der Waals surface area contributed by atoms with E-state index in [1.54, 1.807) is 14.2 Å². The third-order valence-corrected chi connectivity index (χ3v) is 4.77. The van der Waals surface area contributed by atoms with E-state index in [0.29, 0.717) is 24.6 Å². The van der Waals surface area contributed by atoms with Crippen molar-refractivity contribution < 1.29 is 19.0 Å². The first-order valence-electron chi connectivity index (χ1n) is 8.84. The second kappa shape index (κ2) is 9.75. The van der Waals surface area contributed by atoms with Crippen molar-refractivity contribution in [3.8, 4) is 28.5 Å². The number of amides is 1. The van der Waals surface area contributed by atoms with E-state index in [-0.39, 0.29) is 5.91 Å². The quantitative estimate of drug-likeness (QED) is 0.533. The molecule has 0 atom stereocenters. The SMILES string of the molecule is COc1ccc(OCCCC(=O)Nc2nc(-c3ccc(OC)cc3)cs2)cc1. The number of carbonyl (C=O) groups excluding carboxylic acids is 1. The molecule has 0 aliphatic rings. The van der Waals surface area contributed by atoms with Crippen molar-refractivity contribution in [2.75, 3.05) is 26.1 Å². The third-order valence-electron chi connectivity index (χ3n) is 4.01. The van der Waals surface area contributed by atoms with E-state index in [2.05, 4.69) is 10.3 Å². The minimum Gasteiger partial charge on any atom is -0.497 e. The van der Waals surface area contributed by atoms with E-state index in [9.17, 15) is 4.79 Å². The lowest BCUT2D eigenvalue weighted by atomic mass is 10.2. The molecule has 3 rings (SSSR count). The highest BCUT2D eigenvalue weighted by Gasteiger charge is 2.08. The maximum Gasteiger partial charge on any atom is 0.226 e. The number of ether oxygens (including phenoxy) is 3. The summed E-state index contributed by atoms with van der Waals surface area (Å²) in [6.07, 6.45) is 0.988. The van der Waals surface area contributed by atoms with Crippen LogP contribution in [0.25, 0.3) is 11.3 Å². The van der Waals surface area contributed by atoms with Gasteiger partial charge in [-0.1, -0.05) is 0 Å². The van der Waals surface area contributed by atoms with Gasteiger partial charge in [-0.3, -0.25) is 4.79 Å². The number of anilines is 1. The van der Waals surface area contributed by atoms with Gasteiger partial charge in [-0.25, -0.2) is 4.98 Å². The summed E-state index contributed by atoms with van der Waals surface area (Å²) in [6.45, 7) is 0.467. The summed E-state index contributed by atoms with van der Waals surface area (Å²) in [5.41, 5.74) is 1.80. The number of nitrogens with zero attached hydrogens (tertiary/aromatic N) is 1. The van der Waals surface area contributed by atoms with Gasteiger partial charge in [0, 0.05) is 17.4 Å². The van der Waals surface area contributed by atoms with Gasteiger partial charge >= 0.3 is 0 Å². The summed E-state index contributed by atoms with van der Waals surface area (Å²) >= 11 is 1.40. The minimum atomic E-state index is -0.0750. The molecule has 146 valence electrons. The molecule has 1 heterocycles. The Morgan fingerprint density at radius 3 is 2.21 bits per heavy atom. The number of rotatable bonds is 9. The number of methoxy groups -OCH3 is 2. The maximum absolute atomic E-state index is 12.1. The normalized spacial score (nSPS) is 10.4. The minimum absolute atomic E-state index is 0.0750. The van der Waals surface area contributed by atoms with Crippen LogP contribution in [-0.4, -0.2) is 31.7 Å². The lowest BCUT2D eigenvalue weighted by Crippen LogP contribution is -2.12. The summed E-state index contributed by atoms with van der Waals surface area (Å²) < 4.78 is 15.9. The van der Waals surface area contributed by atoms with Crippen LogP contribution in [0.2, 0.25) is 0 Å². The Morgan fingerprint density at radius 2 is 1.57 bits per heavy atom. The van der Waals surface area contributed by atoms with Gasteiger partial charge in [-0.2, -0.15) is 0 Å². The van der Waals surface area contributed by atoms with Crippen LogP contribution >= 0.6 is 11.3 Å². The standard InChI is InChI=1S/C21H22N2O4S/c1-25-16-7-5-15(6-8-16)19-14-28-21(22-19)23-20(24)4-3-13-27-18-11-9-17(26-2)10-12-18/h5-12,14H,3-4,13H2,1-2H3,(H,22,23,24). The predicted octanol–water partition coefficient (Wildman–Crippen LogP) is 4.63. The number of thiazole rings is 1. The lowest BCUT2D eigenvalue weighted by molar-refractivity contribution is -0.116. The zero-order valence-electron chi connectivity index (χ0n) is 15.8. The molecule has 0 saturated heterocycles. The summed E-state index contributed by atoms with van der Waals surface area (Å²) in [4.78, 5) is 16.6. The van der Waals surface area contributed by atoms with Gasteiger partial charge in [0.15, 0.2) is 5.13 Å². The van der Waals surface area contributed by atoms with Crippen molar-refractivity contribution in [3.63, 3.8) is 0 Å². The van der Waals surface area contributed by atoms with Gasteiger partial charge in [0.25, 0.3) is 0 Å². The van der Waals surface area contributed by atoms with E-state index < -0.39 is 0 Å². The summed E-state index contributed by atoms with van der Waals surface area (Å²) in [5.74, 6) is 2.26. The molecule has 28 heavy (non-hydrogen) atoms. The average Bonchev–Trinajstić information content (AvgIpc) is 3.20. The average molecular weight is 398 g/mol. The number of aromatic nitrogens is 1. The number of hydrogen-bond acceptors (Lipinski definition) is 6. The number of nitrogens with one attached hydrogen (secondary N) is 1. The number of benzene rings is 2. The number of carbonyl (C=O) groups is 1. The Hall–Kier alpha value is -3.06. The zero-order chi connectivity index (χ0) is 19.8. The largest absolute Gasteiger partial charge is 0.497 e. The van der Waals surface area contributed by atoms with Crippen LogP contribution in [-0.2, 0) is 4.79 Å². The summed E-state index contributed by atoms with van der Waals surface area (Å²) in [6, 6.07) is 15.0. The molecule has 0 spiro atoms. The molecule has 0 aliphatic heterocycles. The van der Waals surface area contributed by atoms with Crippen LogP contribution < -0.4 is 19.5 Å². The third kappa shape index (κ3) is 5.47. The second-order valence-corrected chi connectivity index (χ2v) is 6.80. The molecule has 0 bridgehead atoms. The molecule has 1 amide bonds. The van der Waals surface area contributed by atoms with Crippen LogP contribution in [0.4, 0.5) is 5.13 Å². The van der Waals surface area contributed by atoms with Gasteiger partial charge in [0.05, 0.1) is 26.5 Å². The fraction of sp³-hybridized carbons (Fsp3) is 0.238. The van der Waals surface area contributed by atoms with Crippen molar-refractivity contribution in [1.82, 2.24) is 4.98 Å². The van der Waals surface area contributed by atoms with Crippen molar-refractivity contribution in [3.05, 3.63) is 53.9 Å². The predicted molar refractivity (Wildman–Crippen MR) is 110 cm³/mol. The van der Waals surface area contributed by atoms with Gasteiger partial charge in [-0.15, -0.1) is 11.3 Å². The van der Waals surface area contributed by atoms with E-state index in [1.165, 1.54) is 11.3 Å². The highest BCUT2D eigenvalue weighted by atomic mass is 32.1. The number of hydrogen-bond donors (Lipinski definition) is 1. The highest BCUT2D eigenvalue weighted by molar-refractivity contribution is 7.14. The topological polar surface area (TPSA) is 69.7 Å². The first-order valence-corrected chi connectivity index (χ1v) is 9.72. The van der Waals surface area contributed by atoms with Crippen molar-refractivity contribution in [2.24, 2.45) is 0 Å². The molecule has 0 unspecified atom stereocenters. The smallest absolute Gasteiger partial charge is 0.226 e. The van der Waals surface area contributed by atoms with Crippen molar-refractivity contribution in [2.45, 2.75) is 12.8 Å². The van der Waals surface area contributed by atoms with Crippen LogP contribution in [0.3, 0.4) is 0 Å². The second-order valence-electron chi connectivity index (χ2n) is 5.94. The maximum atomic E-state index is 12.1. The van der Waals surface area contributed by atoms with Crippen LogP contribution in [0, 0.1) is 0 Å². The van der Waals surface area contributed by atoms with Gasteiger partial charge in [-0.05, 0) is 55.0 Å². The van der Waals surface area contributed by atoms with E-state index >= 15 is 0 Å². The first-order chi connectivity index (χ1) is 13.7. The van der Waals surface area contributed by atoms with Crippen molar-refractivity contribution >= 4 is 22.4 Å². The molecule has 0 aliphatic carbocycles. The molecule has 6 nitrogen and oxygen atoms in total. The molecule has 7 heteroatoms. The monoisotopic (exact) mass is 398 g/mol. The lowest BCUT2D eigenvalue weighted by Gasteiger charge is -2.07. The summed E-state index contributed by atoms with van der Waals surface area (Å²) in [7, 11) is 3.25. The summed E-state index contributed by atoms with van der Waals surface area (Å²) in [5, 5.41) is 5.35. The zero-order valence-corrected chi connectivity index (χ0v) is 16.6. The van der Waals surface area contributed by atoms with Gasteiger partial charge in [0.2, 0.25) is 5.91 Å². The Kier molecular flexibility index (Phi) is 6.86. The van der Waals surface area contributed by atoms with Crippen LogP contribution in [0.15, 0.2) is 53.9 Å². The molecule has 0 fully saturated rings. The molecule has 2 aromatic carbocycles. The van der Waals surface area contributed by atoms with Gasteiger partial charge in [0.1, 0.15) is 17.2 Å². The molecule has 1 N–H and O–H groups in total. The Morgan fingerprint density at radius 1 is 0.964 bits per heavy atom. The van der Waals surface area contributed by atoms with Crippen LogP contribution in [0.1, 0.15) is 12.8 Å². The Labute approximate surface area is 168 Å². The van der Waals surface area contributed by atoms with Crippen molar-refractivity contribution in [1.29, 1.82) is 0 Å². The first kappa shape index (κ1) is 19.7. The van der Waals surface area contributed by atoms with Crippen LogP contribution in [0.5, 0.6) is 17.2 Å². The molecule has 0 radical (unpaired) electrons. The molecular weight excluding hydrogens is 376 g/mol. The highest BCUT2D eigenvalue weighted by Crippen LogP contribution is 2.26. The fourth-order valence-corrected chi connectivity index (χ4v) is 3.24. The fourth-order valence-electron chi connectivity index (χ4n) is 2.50. The molecule has 1 aromatic heterocycles. The molecule has 0 saturated carbocycles. The van der Waals surface area contributed by atoms with E-state index in [1.807, 2.05) is 53.9 Å². The van der Waals surface area contributed by atoms with E-state index in [4.69, 9.17) is 14.2 Å². The van der Waals surface area contributed by atoms with Gasteiger partial charge < -0.3 is 19.5 Å². The van der Waals surface area contributed by atoms with E-state index in [0.717, 1.165) is 28.5 Å². The Balaban J connectivity index is 1.42. The molecular formula is C21H22N2O4S.